The summed E-state index contributed by atoms with van der Waals surface area (Å²) < 4.78 is 14.3. The molecule has 6 heterocycles. The Balaban J connectivity index is 1.18. The number of aromatic nitrogens is 2. The van der Waals surface area contributed by atoms with E-state index >= 15 is 0 Å². The number of esters is 1. The van der Waals surface area contributed by atoms with Crippen molar-refractivity contribution in [1.82, 2.24) is 35.1 Å². The van der Waals surface area contributed by atoms with Crippen molar-refractivity contribution >= 4 is 40.5 Å². The zero-order chi connectivity index (χ0) is 47.8. The van der Waals surface area contributed by atoms with Gasteiger partial charge in [0.15, 0.2) is 0 Å². The number of carbonyl (C=O) groups is 5. The van der Waals surface area contributed by atoms with Crippen LogP contribution in [-0.4, -0.2) is 112 Å². The number of fused-ring (bicyclic) bond motifs is 6. The van der Waals surface area contributed by atoms with Gasteiger partial charge in [0.05, 0.1) is 29.5 Å². The summed E-state index contributed by atoms with van der Waals surface area (Å²) in [5.41, 5.74) is 9.74. The third-order valence-corrected chi connectivity index (χ3v) is 14.3. The number of likely N-dealkylation sites (tertiary alicyclic amines) is 2. The summed E-state index contributed by atoms with van der Waals surface area (Å²) in [4.78, 5) is 78.6. The largest absolute Gasteiger partial charge is 0.464 e. The van der Waals surface area contributed by atoms with Crippen molar-refractivity contribution in [3.63, 3.8) is 0 Å². The van der Waals surface area contributed by atoms with Gasteiger partial charge in [-0.1, -0.05) is 63.9 Å². The van der Waals surface area contributed by atoms with E-state index in [1.807, 2.05) is 39.0 Å². The summed E-state index contributed by atoms with van der Waals surface area (Å²) in [6.45, 7) is 16.0. The molecule has 0 radical (unpaired) electrons. The van der Waals surface area contributed by atoms with Gasteiger partial charge in [0.1, 0.15) is 18.1 Å². The molecule has 0 aliphatic carbocycles. The summed E-state index contributed by atoms with van der Waals surface area (Å²) in [7, 11) is 1.69. The summed E-state index contributed by atoms with van der Waals surface area (Å²) in [6, 6.07) is 16.0. The molecule has 14 heteroatoms. The molecule has 6 bridgehead atoms. The van der Waals surface area contributed by atoms with Crippen LogP contribution in [0.4, 0.5) is 0 Å². The van der Waals surface area contributed by atoms with Gasteiger partial charge in [-0.2, -0.15) is 0 Å². The van der Waals surface area contributed by atoms with Crippen molar-refractivity contribution in [2.45, 2.75) is 118 Å². The molecule has 8 rings (SSSR count). The Morgan fingerprint density at radius 3 is 2.54 bits per heavy atom. The van der Waals surface area contributed by atoms with Gasteiger partial charge in [-0.25, -0.2) is 5.43 Å². The molecule has 4 aliphatic heterocycles. The van der Waals surface area contributed by atoms with E-state index < -0.39 is 40.8 Å². The van der Waals surface area contributed by atoms with Gasteiger partial charge in [0.2, 0.25) is 11.8 Å². The summed E-state index contributed by atoms with van der Waals surface area (Å²) in [5, 5.41) is 5.64. The molecule has 3 fully saturated rings. The molecular weight excluding hydrogens is 847 g/mol. The minimum absolute atomic E-state index is 0.138. The second kappa shape index (κ2) is 19.3. The van der Waals surface area contributed by atoms with Gasteiger partial charge in [0, 0.05) is 74.3 Å². The summed E-state index contributed by atoms with van der Waals surface area (Å²) in [6.07, 6.45) is 4.34. The lowest BCUT2D eigenvalue weighted by molar-refractivity contribution is -0.155. The van der Waals surface area contributed by atoms with Crippen molar-refractivity contribution in [2.75, 3.05) is 39.9 Å². The highest BCUT2D eigenvalue weighted by Gasteiger charge is 2.54. The molecule has 4 amide bonds. The van der Waals surface area contributed by atoms with Gasteiger partial charge >= 0.3 is 5.97 Å². The van der Waals surface area contributed by atoms with Crippen LogP contribution in [0.15, 0.2) is 60.8 Å². The molecule has 354 valence electrons. The maximum absolute atomic E-state index is 14.8. The van der Waals surface area contributed by atoms with Gasteiger partial charge < -0.3 is 29.2 Å². The second-order valence-corrected chi connectivity index (χ2v) is 19.9. The van der Waals surface area contributed by atoms with Gasteiger partial charge in [-0.15, -0.1) is 0 Å². The van der Waals surface area contributed by atoms with Crippen LogP contribution in [-0.2, 0) is 52.8 Å². The number of amides is 4. The second-order valence-electron chi connectivity index (χ2n) is 19.9. The fourth-order valence-electron chi connectivity index (χ4n) is 10.8. The molecule has 1 unspecified atom stereocenters. The molecule has 4 aromatic rings. The van der Waals surface area contributed by atoms with Gasteiger partial charge in [-0.05, 0) is 111 Å². The van der Waals surface area contributed by atoms with E-state index in [9.17, 15) is 24.0 Å². The van der Waals surface area contributed by atoms with Crippen molar-refractivity contribution in [1.29, 1.82) is 0 Å². The lowest BCUT2D eigenvalue weighted by Crippen LogP contribution is -2.62. The predicted octanol–water partition coefficient (Wildman–Crippen LogP) is 6.24. The number of aryl methyl sites for hydroxylation is 1. The Kier molecular flexibility index (Phi) is 13.7. The quantitative estimate of drug-likeness (QED) is 0.154. The first-order valence-electron chi connectivity index (χ1n) is 23.9. The normalized spacial score (nSPS) is 22.9. The number of benzene rings is 2. The zero-order valence-corrected chi connectivity index (χ0v) is 40.2. The first-order valence-corrected chi connectivity index (χ1v) is 23.9. The Morgan fingerprint density at radius 1 is 1.01 bits per heavy atom. The van der Waals surface area contributed by atoms with Crippen molar-refractivity contribution in [3.05, 3.63) is 77.6 Å². The van der Waals surface area contributed by atoms with E-state index in [2.05, 4.69) is 84.3 Å². The molecule has 2 N–H and O–H groups in total. The molecule has 4 aliphatic rings. The van der Waals surface area contributed by atoms with Crippen LogP contribution in [0.3, 0.4) is 0 Å². The highest BCUT2D eigenvalue weighted by atomic mass is 16.5. The monoisotopic (exact) mass is 911 g/mol. The maximum Gasteiger partial charge on any atom is 0.324 e. The minimum Gasteiger partial charge on any atom is -0.464 e. The number of hydrazine groups is 1. The van der Waals surface area contributed by atoms with E-state index in [-0.39, 0.29) is 49.3 Å². The first kappa shape index (κ1) is 47.5. The first-order chi connectivity index (χ1) is 32.1. The molecule has 14 nitrogen and oxygen atoms in total. The number of nitrogens with one attached hydrogen (secondary N) is 2. The number of nitrogens with zero attached hydrogens (tertiary/aromatic N) is 5. The Hall–Kier alpha value is -6.04. The summed E-state index contributed by atoms with van der Waals surface area (Å²) in [5.74, 6) is 3.25. The van der Waals surface area contributed by atoms with E-state index in [0.717, 1.165) is 50.1 Å². The number of carbonyl (C=O) groups excluding carboxylic acids is 5. The van der Waals surface area contributed by atoms with E-state index in [4.69, 9.17) is 14.5 Å². The molecule has 3 saturated heterocycles. The average Bonchev–Trinajstić information content (AvgIpc) is 3.99. The molecule has 2 aromatic carbocycles. The Labute approximate surface area is 394 Å². The number of hydrogen-bond acceptors (Lipinski definition) is 9. The number of pyridine rings is 1. The van der Waals surface area contributed by atoms with Crippen LogP contribution in [0, 0.1) is 28.6 Å². The smallest absolute Gasteiger partial charge is 0.324 e. The number of hydrogen-bond donors (Lipinski definition) is 2. The van der Waals surface area contributed by atoms with Crippen molar-refractivity contribution in [3.8, 4) is 34.2 Å². The fraction of sp³-hybridized carbons (Fsp3) is 0.509. The number of methoxy groups -OCH3 is 1. The lowest BCUT2D eigenvalue weighted by atomic mass is 9.84. The molecule has 1 spiro atoms. The average molecular weight is 912 g/mol. The highest BCUT2D eigenvalue weighted by Crippen LogP contribution is 2.44. The Bertz CT molecular complexity index is 2640. The van der Waals surface area contributed by atoms with Crippen LogP contribution in [0.2, 0.25) is 0 Å². The van der Waals surface area contributed by atoms with Crippen LogP contribution in [0.25, 0.3) is 33.3 Å². The molecule has 67 heavy (non-hydrogen) atoms. The number of rotatable bonds is 8. The third kappa shape index (κ3) is 9.33. The van der Waals surface area contributed by atoms with Crippen LogP contribution < -0.4 is 10.7 Å². The maximum atomic E-state index is 14.8. The standard InChI is InChI=1S/C53H65N7O7/c1-9-14-44(61)57-25-21-53(31-57)22-26-59(51(53)65)46(33(3)4)48(62)55-42-28-35-15-11-16-36(27-35)37-19-20-43-39(29-37)40(47(58(43)10-2)38-17-12-23-54-45(38)34(5)66-8)30-52(6,7)32-67-50(64)41-18-13-24-60(56-41)49(42)63/h11-12,15-17,19-20,23,27,29,33-34,41-42,46,56H,10,13,18,21-22,24-26,28,30-32H2,1-8H3,(H,55,62)/t34-,41-,42-,46?,53+/m0/s1. The zero-order valence-electron chi connectivity index (χ0n) is 40.2. The molecule has 5 atom stereocenters. The Morgan fingerprint density at radius 2 is 1.79 bits per heavy atom. The van der Waals surface area contributed by atoms with Crippen LogP contribution in [0.5, 0.6) is 0 Å². The van der Waals surface area contributed by atoms with Crippen molar-refractivity contribution < 1.29 is 33.4 Å². The lowest BCUT2D eigenvalue weighted by Gasteiger charge is -2.37. The molecule has 0 saturated carbocycles. The van der Waals surface area contributed by atoms with E-state index in [0.29, 0.717) is 58.3 Å². The van der Waals surface area contributed by atoms with Crippen molar-refractivity contribution in [2.24, 2.45) is 16.7 Å². The van der Waals surface area contributed by atoms with Gasteiger partial charge in [-0.3, -0.25) is 34.0 Å². The molecular formula is C53H65N7O7. The topological polar surface area (TPSA) is 155 Å². The van der Waals surface area contributed by atoms with Crippen LogP contribution in [0.1, 0.15) is 97.1 Å². The highest BCUT2D eigenvalue weighted by molar-refractivity contribution is 5.98. The third-order valence-electron chi connectivity index (χ3n) is 14.3. The van der Waals surface area contributed by atoms with E-state index in [1.165, 1.54) is 5.01 Å². The minimum atomic E-state index is -1.04. The number of ether oxygens (including phenoxy) is 2. The SMILES string of the molecule is CC#CC(=O)N1CC[C@@]2(CCN(C(C(=O)N[C@H]3Cc4cccc(c4)-c4ccc5c(c4)c(c(-c4cccnc4[C@H](C)OC)n5CC)CC(C)(C)COC(=O)[C@@H]4CCCN(N4)C3=O)C(C)C)C2=O)C1. The fourth-order valence-corrected chi connectivity index (χ4v) is 10.8. The van der Waals surface area contributed by atoms with Crippen LogP contribution >= 0.6 is 0 Å². The number of cyclic esters (lactones) is 1. The summed E-state index contributed by atoms with van der Waals surface area (Å²) >= 11 is 0. The predicted molar refractivity (Wildman–Crippen MR) is 256 cm³/mol. The molecule has 2 aromatic heterocycles. The van der Waals surface area contributed by atoms with E-state index in [1.54, 1.807) is 30.0 Å². The van der Waals surface area contributed by atoms with Gasteiger partial charge in [0.25, 0.3) is 11.8 Å².